The second-order valence-electron chi connectivity index (χ2n) is 13.7. The van der Waals surface area contributed by atoms with Gasteiger partial charge in [-0.2, -0.15) is 0 Å². The number of hydrogen-bond donors (Lipinski definition) is 1. The van der Waals surface area contributed by atoms with Gasteiger partial charge < -0.3 is 19.4 Å². The standard InChI is InChI=1S/C42H47N2O6PSi/c1-7-28-49-42(48)41(51(33-18-12-9-13-19-33,34-20-14-10-15-21-34)35-22-16-11-17-23-35)44-36(38(40(44)47)30(3)50-52(4,5)6)29-37(45)31-24-26-32(27-25-31)39(46)43-8-2/h7,9-27,30,36,38H,1,8,28-29H2,2-6H3,(H,43,46). The van der Waals surface area contributed by atoms with E-state index in [4.69, 9.17) is 9.16 Å². The number of benzene rings is 4. The number of Topliss-reactive ketones (excluding diaryl/α,β-unsaturated/α-hetero) is 1. The number of carbonyl (C=O) groups is 4. The smallest absolute Gasteiger partial charge is 0.356 e. The van der Waals surface area contributed by atoms with Crippen LogP contribution in [0.4, 0.5) is 0 Å². The topological polar surface area (TPSA) is 102 Å². The summed E-state index contributed by atoms with van der Waals surface area (Å²) in [6.45, 7) is 10.9. The van der Waals surface area contributed by atoms with Crippen molar-refractivity contribution in [1.82, 2.24) is 10.2 Å². The van der Waals surface area contributed by atoms with E-state index in [1.165, 1.54) is 6.08 Å². The molecule has 4 aromatic carbocycles. The molecule has 0 bridgehead atoms. The summed E-state index contributed by atoms with van der Waals surface area (Å²) < 4.78 is 12.4. The monoisotopic (exact) mass is 734 g/mol. The molecule has 0 aliphatic carbocycles. The van der Waals surface area contributed by atoms with Gasteiger partial charge in [-0.3, -0.25) is 14.4 Å². The first-order valence-electron chi connectivity index (χ1n) is 17.6. The van der Waals surface area contributed by atoms with Gasteiger partial charge in [-0.25, -0.2) is 4.79 Å². The van der Waals surface area contributed by atoms with Gasteiger partial charge in [0, 0.05) is 31.0 Å². The molecule has 1 aliphatic heterocycles. The SMILES string of the molecule is C=CCOC(=O)C(N1C(=O)C(C(C)O[Si](C)(C)C)C1CC(=O)c1ccc(C(=O)NCC)cc1)=P(c1ccccc1)(c1ccccc1)c1ccccc1. The van der Waals surface area contributed by atoms with E-state index in [2.05, 4.69) is 31.5 Å². The van der Waals surface area contributed by atoms with Gasteiger partial charge in [0.2, 0.25) is 5.91 Å². The number of ketones is 1. The third-order valence-electron chi connectivity index (χ3n) is 9.01. The molecule has 52 heavy (non-hydrogen) atoms. The lowest BCUT2D eigenvalue weighted by Crippen LogP contribution is -2.69. The highest BCUT2D eigenvalue weighted by Gasteiger charge is 2.56. The summed E-state index contributed by atoms with van der Waals surface area (Å²) in [5.74, 6) is -2.10. The lowest BCUT2D eigenvalue weighted by atomic mass is 9.79. The van der Waals surface area contributed by atoms with E-state index in [1.54, 1.807) is 29.2 Å². The molecule has 1 N–H and O–H groups in total. The van der Waals surface area contributed by atoms with Crippen LogP contribution in [0.5, 0.6) is 0 Å². The summed E-state index contributed by atoms with van der Waals surface area (Å²) in [5.41, 5.74) is 1.04. The number of esters is 1. The minimum atomic E-state index is -3.17. The molecule has 1 aliphatic rings. The lowest BCUT2D eigenvalue weighted by Gasteiger charge is -2.52. The Labute approximate surface area is 308 Å². The molecule has 270 valence electrons. The quantitative estimate of drug-likeness (QED) is 0.0406. The van der Waals surface area contributed by atoms with Crippen LogP contribution in [0.15, 0.2) is 128 Å². The van der Waals surface area contributed by atoms with Crippen molar-refractivity contribution in [3.63, 3.8) is 0 Å². The molecule has 1 saturated heterocycles. The van der Waals surface area contributed by atoms with Gasteiger partial charge in [0.1, 0.15) is 12.0 Å². The van der Waals surface area contributed by atoms with Crippen molar-refractivity contribution in [2.75, 3.05) is 13.2 Å². The first-order chi connectivity index (χ1) is 24.9. The maximum Gasteiger partial charge on any atom is 0.356 e. The Bertz CT molecular complexity index is 1860. The number of hydrogen-bond acceptors (Lipinski definition) is 6. The van der Waals surface area contributed by atoms with Crippen molar-refractivity contribution in [2.45, 2.75) is 52.1 Å². The summed E-state index contributed by atoms with van der Waals surface area (Å²) in [6, 6.07) is 35.1. The van der Waals surface area contributed by atoms with Crippen molar-refractivity contribution in [3.8, 4) is 0 Å². The van der Waals surface area contributed by atoms with Crippen molar-refractivity contribution >= 4 is 60.1 Å². The molecule has 0 spiro atoms. The number of nitrogens with zero attached hydrogens (tertiary/aromatic N) is 1. The van der Waals surface area contributed by atoms with E-state index in [0.717, 1.165) is 15.9 Å². The summed E-state index contributed by atoms with van der Waals surface area (Å²) >= 11 is 0. The zero-order valence-corrected chi connectivity index (χ0v) is 32.3. The molecule has 1 fully saturated rings. The predicted octanol–water partition coefficient (Wildman–Crippen LogP) is 5.93. The Balaban J connectivity index is 1.79. The van der Waals surface area contributed by atoms with E-state index < -0.39 is 39.2 Å². The number of amides is 2. The maximum absolute atomic E-state index is 14.8. The van der Waals surface area contributed by atoms with Crippen LogP contribution in [-0.4, -0.2) is 67.5 Å². The number of rotatable bonds is 15. The van der Waals surface area contributed by atoms with Crippen LogP contribution in [0.3, 0.4) is 0 Å². The van der Waals surface area contributed by atoms with Crippen molar-refractivity contribution in [1.29, 1.82) is 0 Å². The fourth-order valence-corrected chi connectivity index (χ4v) is 12.6. The fraction of sp³-hybridized carbons (Fsp3) is 0.262. The minimum Gasteiger partial charge on any atom is -0.457 e. The van der Waals surface area contributed by atoms with Gasteiger partial charge in [0.15, 0.2) is 14.1 Å². The minimum absolute atomic E-state index is 0.0666. The van der Waals surface area contributed by atoms with E-state index in [1.807, 2.05) is 105 Å². The third-order valence-corrected chi connectivity index (χ3v) is 14.3. The number of carbonyl (C=O) groups excluding carboxylic acids is 4. The normalized spacial score (nSPS) is 16.3. The van der Waals surface area contributed by atoms with Crippen molar-refractivity contribution in [3.05, 3.63) is 139 Å². The summed E-state index contributed by atoms with van der Waals surface area (Å²) in [7, 11) is -2.13. The van der Waals surface area contributed by atoms with Crippen LogP contribution in [0.2, 0.25) is 19.6 Å². The summed E-state index contributed by atoms with van der Waals surface area (Å²) in [5, 5.41) is 5.33. The van der Waals surface area contributed by atoms with E-state index in [9.17, 15) is 19.2 Å². The zero-order chi connectivity index (χ0) is 37.5. The molecular formula is C42H47N2O6PSi. The van der Waals surface area contributed by atoms with Gasteiger partial charge in [0.05, 0.1) is 18.1 Å². The maximum atomic E-state index is 14.8. The van der Waals surface area contributed by atoms with Gasteiger partial charge in [0.25, 0.3) is 5.91 Å². The Kier molecular flexibility index (Phi) is 12.3. The first kappa shape index (κ1) is 38.4. The second kappa shape index (κ2) is 16.7. The fourth-order valence-electron chi connectivity index (χ4n) is 6.93. The van der Waals surface area contributed by atoms with E-state index in [0.29, 0.717) is 17.7 Å². The number of β-lactam (4-membered cyclic amide) rings is 1. The Hall–Kier alpha value is -4.82. The van der Waals surface area contributed by atoms with Crippen LogP contribution in [0.1, 0.15) is 41.0 Å². The van der Waals surface area contributed by atoms with Gasteiger partial charge >= 0.3 is 5.97 Å². The van der Waals surface area contributed by atoms with E-state index >= 15 is 0 Å². The molecular weight excluding hydrogens is 688 g/mol. The lowest BCUT2D eigenvalue weighted by molar-refractivity contribution is -0.156. The highest BCUT2D eigenvalue weighted by atomic mass is 31.2. The molecule has 8 nitrogen and oxygen atoms in total. The molecule has 5 rings (SSSR count). The van der Waals surface area contributed by atoms with Gasteiger partial charge in [-0.15, -0.1) is 0 Å². The highest BCUT2D eigenvalue weighted by Crippen LogP contribution is 2.50. The average Bonchev–Trinajstić information content (AvgIpc) is 3.14. The van der Waals surface area contributed by atoms with Crippen molar-refractivity contribution in [2.24, 2.45) is 5.92 Å². The molecule has 3 unspecified atom stereocenters. The van der Waals surface area contributed by atoms with Crippen LogP contribution >= 0.6 is 6.89 Å². The summed E-state index contributed by atoms with van der Waals surface area (Å²) in [6.07, 6.45) is 0.906. The van der Waals surface area contributed by atoms with Gasteiger partial charge in [-0.1, -0.05) is 116 Å². The predicted molar refractivity (Wildman–Crippen MR) is 213 cm³/mol. The molecule has 10 heteroatoms. The Morgan fingerprint density at radius 1 is 0.827 bits per heavy atom. The molecule has 0 aromatic heterocycles. The molecule has 3 atom stereocenters. The van der Waals surface area contributed by atoms with Gasteiger partial charge in [-0.05, 0) is 61.5 Å². The Morgan fingerprint density at radius 3 is 1.75 bits per heavy atom. The highest BCUT2D eigenvalue weighted by molar-refractivity contribution is 7.96. The number of ether oxygens (including phenoxy) is 1. The number of nitrogens with one attached hydrogen (secondary N) is 1. The largest absolute Gasteiger partial charge is 0.457 e. The second-order valence-corrected chi connectivity index (χ2v) is 21.5. The Morgan fingerprint density at radius 2 is 1.31 bits per heavy atom. The average molecular weight is 735 g/mol. The van der Waals surface area contributed by atoms with Crippen LogP contribution in [0.25, 0.3) is 0 Å². The first-order valence-corrected chi connectivity index (χ1v) is 22.8. The number of likely N-dealkylation sites (tertiary alicyclic amines) is 1. The molecule has 2 amide bonds. The third kappa shape index (κ3) is 7.97. The summed E-state index contributed by atoms with van der Waals surface area (Å²) in [4.78, 5) is 57.8. The molecule has 1 heterocycles. The zero-order valence-electron chi connectivity index (χ0n) is 30.5. The van der Waals surface area contributed by atoms with Crippen LogP contribution in [0, 0.1) is 5.92 Å². The van der Waals surface area contributed by atoms with E-state index in [-0.39, 0.29) is 36.0 Å². The van der Waals surface area contributed by atoms with Crippen LogP contribution in [-0.2, 0) is 18.8 Å². The molecule has 0 saturated carbocycles. The molecule has 4 aromatic rings. The van der Waals surface area contributed by atoms with Crippen molar-refractivity contribution < 1.29 is 28.3 Å². The van der Waals surface area contributed by atoms with Crippen LogP contribution < -0.4 is 21.2 Å². The molecule has 0 radical (unpaired) electrons.